The monoisotopic (exact) mass is 955 g/mol. The standard InChI is InChI=1S/C70H75BN2/c1-65(2,3)46-22-26-48(27-23-46)72(49-28-24-47(25-29-49)66(4,5)6)51-30-32-54-55-38-45(53-21-17-19-44-18-15-16-20-52(44)53)39-63-64(55)71(60(54)41-51)61-42-58-59(70(13,14)37-36-69(58,11)12)43-62(61)73(63)50-31-33-56-57(40-50)68(9,10)35-34-67(56,7)8/h15-33,38-43H,34-37H2,1-14H3. The Morgan fingerprint density at radius 2 is 0.959 bits per heavy atom. The van der Waals surface area contributed by atoms with Gasteiger partial charge in [-0.05, 0) is 202 Å². The van der Waals surface area contributed by atoms with Crippen LogP contribution < -0.4 is 26.2 Å². The Balaban J connectivity index is 1.15. The number of anilines is 6. The van der Waals surface area contributed by atoms with Crippen molar-refractivity contribution in [3.05, 3.63) is 185 Å². The number of hydrogen-bond donors (Lipinski definition) is 0. The lowest BCUT2D eigenvalue weighted by Gasteiger charge is -2.45. The van der Waals surface area contributed by atoms with E-state index in [1.165, 1.54) is 131 Å². The van der Waals surface area contributed by atoms with Gasteiger partial charge in [-0.2, -0.15) is 0 Å². The Kier molecular flexibility index (Phi) is 10.5. The molecule has 3 heteroatoms. The molecule has 2 heterocycles. The van der Waals surface area contributed by atoms with Crippen molar-refractivity contribution in [2.75, 3.05) is 9.80 Å². The molecule has 0 unspecified atom stereocenters. The predicted molar refractivity (Wildman–Crippen MR) is 317 cm³/mol. The van der Waals surface area contributed by atoms with Gasteiger partial charge in [-0.15, -0.1) is 0 Å². The van der Waals surface area contributed by atoms with Crippen LogP contribution in [0.3, 0.4) is 0 Å². The van der Waals surface area contributed by atoms with Crippen LogP contribution in [0.15, 0.2) is 152 Å². The molecule has 368 valence electrons. The highest BCUT2D eigenvalue weighted by atomic mass is 15.2. The molecule has 4 aliphatic rings. The van der Waals surface area contributed by atoms with E-state index in [0.29, 0.717) is 0 Å². The molecule has 2 aliphatic carbocycles. The van der Waals surface area contributed by atoms with Crippen molar-refractivity contribution in [1.29, 1.82) is 0 Å². The van der Waals surface area contributed by atoms with Gasteiger partial charge in [0.15, 0.2) is 0 Å². The first kappa shape index (κ1) is 47.7. The van der Waals surface area contributed by atoms with Crippen molar-refractivity contribution in [1.82, 2.24) is 0 Å². The maximum atomic E-state index is 2.71. The van der Waals surface area contributed by atoms with Crippen LogP contribution in [0.2, 0.25) is 0 Å². The highest BCUT2D eigenvalue weighted by molar-refractivity contribution is 7.01. The summed E-state index contributed by atoms with van der Waals surface area (Å²) < 4.78 is 0. The molecule has 0 saturated carbocycles. The molecular formula is C70H75BN2. The molecule has 0 aromatic heterocycles. The normalized spacial score (nSPS) is 17.6. The second kappa shape index (κ2) is 16.1. The van der Waals surface area contributed by atoms with E-state index in [1.807, 2.05) is 0 Å². The first-order valence-corrected chi connectivity index (χ1v) is 27.4. The Morgan fingerprint density at radius 3 is 1.56 bits per heavy atom. The second-order valence-electron chi connectivity index (χ2n) is 27.2. The Bertz CT molecular complexity index is 3470. The Morgan fingerprint density at radius 1 is 0.425 bits per heavy atom. The van der Waals surface area contributed by atoms with E-state index >= 15 is 0 Å². The number of benzene rings is 8. The van der Waals surface area contributed by atoms with Crippen molar-refractivity contribution in [2.45, 2.75) is 155 Å². The molecule has 0 spiro atoms. The largest absolute Gasteiger partial charge is 0.311 e. The first-order chi connectivity index (χ1) is 34.4. The van der Waals surface area contributed by atoms with Crippen molar-refractivity contribution in [3.63, 3.8) is 0 Å². The van der Waals surface area contributed by atoms with Gasteiger partial charge in [-0.25, -0.2) is 0 Å². The third-order valence-corrected chi connectivity index (χ3v) is 18.3. The molecule has 0 bridgehead atoms. The molecule has 0 amide bonds. The topological polar surface area (TPSA) is 6.48 Å². The molecule has 8 aromatic carbocycles. The van der Waals surface area contributed by atoms with E-state index in [4.69, 9.17) is 0 Å². The molecular weight excluding hydrogens is 880 g/mol. The van der Waals surface area contributed by atoms with E-state index in [2.05, 4.69) is 258 Å². The minimum absolute atomic E-state index is 0.0377. The van der Waals surface area contributed by atoms with Crippen LogP contribution >= 0.6 is 0 Å². The van der Waals surface area contributed by atoms with Gasteiger partial charge in [-0.1, -0.05) is 187 Å². The molecule has 2 aliphatic heterocycles. The third kappa shape index (κ3) is 7.64. The van der Waals surface area contributed by atoms with Crippen LogP contribution in [0.25, 0.3) is 33.0 Å². The minimum atomic E-state index is 0.0377. The van der Waals surface area contributed by atoms with Crippen LogP contribution in [0.1, 0.15) is 156 Å². The van der Waals surface area contributed by atoms with Gasteiger partial charge < -0.3 is 9.80 Å². The van der Waals surface area contributed by atoms with Gasteiger partial charge in [0.1, 0.15) is 0 Å². The fourth-order valence-electron chi connectivity index (χ4n) is 13.5. The van der Waals surface area contributed by atoms with Crippen molar-refractivity contribution in [2.24, 2.45) is 0 Å². The highest BCUT2D eigenvalue weighted by Gasteiger charge is 2.47. The highest BCUT2D eigenvalue weighted by Crippen LogP contribution is 2.53. The van der Waals surface area contributed by atoms with Gasteiger partial charge in [0.2, 0.25) is 6.71 Å². The maximum Gasteiger partial charge on any atom is 0.248 e. The Hall–Kier alpha value is -6.32. The number of nitrogens with zero attached hydrogens (tertiary/aromatic N) is 2. The molecule has 12 rings (SSSR count). The number of rotatable bonds is 5. The van der Waals surface area contributed by atoms with E-state index in [1.54, 1.807) is 0 Å². The van der Waals surface area contributed by atoms with E-state index < -0.39 is 0 Å². The van der Waals surface area contributed by atoms with Gasteiger partial charge in [0, 0.05) is 34.1 Å². The molecule has 73 heavy (non-hydrogen) atoms. The second-order valence-corrected chi connectivity index (χ2v) is 27.2. The summed E-state index contributed by atoms with van der Waals surface area (Å²) in [5, 5.41) is 2.55. The summed E-state index contributed by atoms with van der Waals surface area (Å²) in [5.74, 6) is 0. The summed E-state index contributed by atoms with van der Waals surface area (Å²) in [4.78, 5) is 5.21. The number of fused-ring (bicyclic) bond motifs is 8. The SMILES string of the molecule is CC(C)(C)c1ccc(N(c2ccc(C(C)(C)C)cc2)c2ccc3c(c2)B2c4cc5c(cc4N(c4ccc6c(c4)C(C)(C)CCC6(C)C)c4cc(-c6cccc7ccccc67)cc-3c42)C(C)(C)CCC5(C)C)cc1. The van der Waals surface area contributed by atoms with Gasteiger partial charge in [-0.3, -0.25) is 0 Å². The average molecular weight is 955 g/mol. The average Bonchev–Trinajstić information content (AvgIpc) is 3.68. The van der Waals surface area contributed by atoms with E-state index in [-0.39, 0.29) is 39.2 Å². The molecule has 2 nitrogen and oxygen atoms in total. The van der Waals surface area contributed by atoms with Gasteiger partial charge in [0.05, 0.1) is 0 Å². The van der Waals surface area contributed by atoms with Crippen molar-refractivity contribution < 1.29 is 0 Å². The maximum absolute atomic E-state index is 2.71. The fourth-order valence-corrected chi connectivity index (χ4v) is 13.5. The smallest absolute Gasteiger partial charge is 0.248 e. The summed E-state index contributed by atoms with van der Waals surface area (Å²) in [6.07, 6.45) is 4.71. The predicted octanol–water partition coefficient (Wildman–Crippen LogP) is 17.5. The fraction of sp³-hybridized carbons (Fsp3) is 0.343. The molecule has 8 aromatic rings. The minimum Gasteiger partial charge on any atom is -0.311 e. The zero-order valence-corrected chi connectivity index (χ0v) is 46.2. The lowest BCUT2D eigenvalue weighted by atomic mass is 9.36. The molecule has 0 fully saturated rings. The Labute approximate surface area is 438 Å². The third-order valence-electron chi connectivity index (χ3n) is 18.3. The molecule has 0 atom stereocenters. The summed E-state index contributed by atoms with van der Waals surface area (Å²) in [7, 11) is 0. The summed E-state index contributed by atoms with van der Waals surface area (Å²) in [6, 6.07) is 59.9. The summed E-state index contributed by atoms with van der Waals surface area (Å²) in [5.41, 5.74) is 25.8. The zero-order valence-electron chi connectivity index (χ0n) is 46.2. The quantitative estimate of drug-likeness (QED) is 0.159. The number of hydrogen-bond acceptors (Lipinski definition) is 2. The lowest BCUT2D eigenvalue weighted by Crippen LogP contribution is -2.55. The van der Waals surface area contributed by atoms with Crippen LogP contribution in [0.4, 0.5) is 34.1 Å². The van der Waals surface area contributed by atoms with Gasteiger partial charge in [0.25, 0.3) is 0 Å². The molecule has 0 radical (unpaired) electrons. The molecule has 0 saturated heterocycles. The van der Waals surface area contributed by atoms with E-state index in [9.17, 15) is 0 Å². The molecule has 0 N–H and O–H groups in total. The van der Waals surface area contributed by atoms with Crippen LogP contribution in [0, 0.1) is 0 Å². The lowest BCUT2D eigenvalue weighted by molar-refractivity contribution is 0.332. The van der Waals surface area contributed by atoms with Crippen LogP contribution in [-0.4, -0.2) is 6.71 Å². The van der Waals surface area contributed by atoms with Gasteiger partial charge >= 0.3 is 0 Å². The van der Waals surface area contributed by atoms with Crippen LogP contribution in [-0.2, 0) is 32.5 Å². The first-order valence-electron chi connectivity index (χ1n) is 27.4. The zero-order chi connectivity index (χ0) is 51.4. The van der Waals surface area contributed by atoms with Crippen molar-refractivity contribution >= 4 is 68.0 Å². The van der Waals surface area contributed by atoms with E-state index in [0.717, 1.165) is 11.4 Å². The summed E-state index contributed by atoms with van der Waals surface area (Å²) in [6.45, 7) is 33.7. The summed E-state index contributed by atoms with van der Waals surface area (Å²) >= 11 is 0. The van der Waals surface area contributed by atoms with Crippen LogP contribution in [0.5, 0.6) is 0 Å². The van der Waals surface area contributed by atoms with Crippen molar-refractivity contribution in [3.8, 4) is 22.3 Å².